The lowest BCUT2D eigenvalue weighted by molar-refractivity contribution is 0.0900. The molecule has 1 heterocycles. The zero-order valence-corrected chi connectivity index (χ0v) is 20.0. The van der Waals surface area contributed by atoms with Crippen molar-refractivity contribution in [2.45, 2.75) is 45.3 Å². The van der Waals surface area contributed by atoms with E-state index in [1.807, 2.05) is 31.1 Å². The number of carbonyl (C=O) groups excluding carboxylic acids is 1. The lowest BCUT2D eigenvalue weighted by Gasteiger charge is -2.21. The molecule has 1 N–H and O–H groups in total. The normalized spacial score (nSPS) is 12.6. The highest BCUT2D eigenvalue weighted by Crippen LogP contribution is 2.25. The molecule has 0 aliphatic heterocycles. The van der Waals surface area contributed by atoms with E-state index in [0.717, 1.165) is 17.9 Å². The van der Waals surface area contributed by atoms with E-state index in [4.69, 9.17) is 9.15 Å². The number of hydrogen-bond donors (Lipinski definition) is 1. The Hall–Kier alpha value is -3.12. The minimum absolute atomic E-state index is 0.0835. The minimum Gasteiger partial charge on any atom is -0.486 e. The summed E-state index contributed by atoms with van der Waals surface area (Å²) in [6.45, 7) is 7.50. The van der Waals surface area contributed by atoms with E-state index >= 15 is 0 Å². The lowest BCUT2D eigenvalue weighted by Crippen LogP contribution is -2.30. The molecule has 0 aliphatic carbocycles. The van der Waals surface area contributed by atoms with Crippen molar-refractivity contribution in [1.29, 1.82) is 0 Å². The molecule has 1 aromatic heterocycles. The summed E-state index contributed by atoms with van der Waals surface area (Å²) < 4.78 is 24.9. The number of nitrogens with zero attached hydrogens (tertiary/aromatic N) is 1. The van der Waals surface area contributed by atoms with Gasteiger partial charge in [-0.2, -0.15) is 0 Å². The summed E-state index contributed by atoms with van der Waals surface area (Å²) in [5.74, 6) is 0.898. The smallest absolute Gasteiger partial charge is 0.287 e. The lowest BCUT2D eigenvalue weighted by atomic mass is 9.87. The fourth-order valence-electron chi connectivity index (χ4n) is 3.42. The Morgan fingerprint density at radius 1 is 1.03 bits per heavy atom. The molecule has 0 fully saturated rings. The summed E-state index contributed by atoms with van der Waals surface area (Å²) in [6.07, 6.45) is 0.686. The van der Waals surface area contributed by atoms with Crippen molar-refractivity contribution in [3.8, 4) is 5.75 Å². The number of furan rings is 1. The highest BCUT2D eigenvalue weighted by Gasteiger charge is 2.19. The van der Waals surface area contributed by atoms with Gasteiger partial charge in [-0.25, -0.2) is 4.39 Å². The first-order valence-electron chi connectivity index (χ1n) is 11.1. The number of amides is 1. The Morgan fingerprint density at radius 3 is 2.30 bits per heavy atom. The van der Waals surface area contributed by atoms with Crippen LogP contribution in [-0.4, -0.2) is 31.4 Å². The molecule has 1 unspecified atom stereocenters. The average molecular weight is 453 g/mol. The van der Waals surface area contributed by atoms with Gasteiger partial charge in [0.15, 0.2) is 5.76 Å². The van der Waals surface area contributed by atoms with Gasteiger partial charge < -0.3 is 19.4 Å². The summed E-state index contributed by atoms with van der Waals surface area (Å²) in [5, 5.41) is 3.01. The summed E-state index contributed by atoms with van der Waals surface area (Å²) >= 11 is 0. The highest BCUT2D eigenvalue weighted by atomic mass is 19.1. The zero-order chi connectivity index (χ0) is 24.0. The largest absolute Gasteiger partial charge is 0.486 e. The molecule has 0 bridgehead atoms. The van der Waals surface area contributed by atoms with Crippen LogP contribution < -0.4 is 10.1 Å². The second kappa shape index (κ2) is 10.7. The van der Waals surface area contributed by atoms with Crippen LogP contribution in [0.25, 0.3) is 0 Å². The van der Waals surface area contributed by atoms with Crippen LogP contribution in [0.3, 0.4) is 0 Å². The van der Waals surface area contributed by atoms with Gasteiger partial charge in [0, 0.05) is 0 Å². The molecule has 0 spiro atoms. The number of ether oxygens (including phenoxy) is 1. The summed E-state index contributed by atoms with van der Waals surface area (Å²) in [6, 6.07) is 17.3. The van der Waals surface area contributed by atoms with Gasteiger partial charge in [0.1, 0.15) is 23.9 Å². The quantitative estimate of drug-likeness (QED) is 0.451. The third-order valence-electron chi connectivity index (χ3n) is 5.43. The van der Waals surface area contributed by atoms with Gasteiger partial charge >= 0.3 is 0 Å². The molecule has 0 saturated heterocycles. The van der Waals surface area contributed by atoms with Crippen molar-refractivity contribution in [1.82, 2.24) is 10.2 Å². The highest BCUT2D eigenvalue weighted by molar-refractivity contribution is 5.91. The van der Waals surface area contributed by atoms with Crippen LogP contribution in [-0.2, 0) is 12.0 Å². The first kappa shape index (κ1) is 24.5. The fraction of sp³-hybridized carbons (Fsp3) is 0.370. The van der Waals surface area contributed by atoms with Crippen molar-refractivity contribution in [3.05, 3.63) is 89.1 Å². The van der Waals surface area contributed by atoms with E-state index in [0.29, 0.717) is 12.2 Å². The Kier molecular flexibility index (Phi) is 7.92. The van der Waals surface area contributed by atoms with Gasteiger partial charge in [0.25, 0.3) is 5.91 Å². The third-order valence-corrected chi connectivity index (χ3v) is 5.43. The molecule has 1 atom stereocenters. The van der Waals surface area contributed by atoms with Crippen LogP contribution in [0.15, 0.2) is 65.1 Å². The Morgan fingerprint density at radius 2 is 1.70 bits per heavy atom. The molecule has 5 nitrogen and oxygen atoms in total. The first-order valence-corrected chi connectivity index (χ1v) is 11.1. The van der Waals surface area contributed by atoms with E-state index in [1.54, 1.807) is 24.3 Å². The number of nitrogens with one attached hydrogen (secondary N) is 1. The standard InChI is InChI=1S/C27H33FN2O3/c1-27(2,3)20-8-12-22(13-9-20)32-18-23-14-15-25(33-23)26(31)29-24(16-17-30(4)5)19-6-10-21(28)11-7-19/h6-15,24H,16-18H2,1-5H3,(H,29,31). The maximum Gasteiger partial charge on any atom is 0.287 e. The Bertz CT molecular complexity index is 1030. The SMILES string of the molecule is CN(C)CCC(NC(=O)c1ccc(COc2ccc(C(C)(C)C)cc2)o1)c1ccc(F)cc1. The Labute approximate surface area is 195 Å². The second-order valence-corrected chi connectivity index (χ2v) is 9.50. The predicted molar refractivity (Wildman–Crippen MR) is 128 cm³/mol. The predicted octanol–water partition coefficient (Wildman–Crippen LogP) is 5.72. The molecule has 0 radical (unpaired) electrons. The van der Waals surface area contributed by atoms with Gasteiger partial charge in [-0.1, -0.05) is 45.0 Å². The van der Waals surface area contributed by atoms with E-state index in [1.165, 1.54) is 17.7 Å². The minimum atomic E-state index is -0.316. The van der Waals surface area contributed by atoms with Crippen molar-refractivity contribution in [2.75, 3.05) is 20.6 Å². The number of hydrogen-bond acceptors (Lipinski definition) is 4. The van der Waals surface area contributed by atoms with Crippen molar-refractivity contribution in [2.24, 2.45) is 0 Å². The van der Waals surface area contributed by atoms with Crippen molar-refractivity contribution < 1.29 is 18.3 Å². The maximum atomic E-state index is 13.3. The van der Waals surface area contributed by atoms with Gasteiger partial charge in [0.2, 0.25) is 0 Å². The van der Waals surface area contributed by atoms with E-state index < -0.39 is 0 Å². The van der Waals surface area contributed by atoms with E-state index in [2.05, 4.69) is 38.2 Å². The van der Waals surface area contributed by atoms with E-state index in [9.17, 15) is 9.18 Å². The van der Waals surface area contributed by atoms with Crippen molar-refractivity contribution in [3.63, 3.8) is 0 Å². The fourth-order valence-corrected chi connectivity index (χ4v) is 3.42. The molecular weight excluding hydrogens is 419 g/mol. The number of halogens is 1. The molecular formula is C27H33FN2O3. The summed E-state index contributed by atoms with van der Waals surface area (Å²) in [7, 11) is 3.94. The first-order chi connectivity index (χ1) is 15.6. The van der Waals surface area contributed by atoms with Gasteiger partial charge in [-0.15, -0.1) is 0 Å². The molecule has 6 heteroatoms. The third kappa shape index (κ3) is 7.19. The molecule has 2 aromatic carbocycles. The molecule has 1 amide bonds. The molecule has 3 aromatic rings. The molecule has 0 saturated carbocycles. The van der Waals surface area contributed by atoms with Gasteiger partial charge in [-0.05, 0) is 80.0 Å². The summed E-state index contributed by atoms with van der Waals surface area (Å²) in [4.78, 5) is 14.9. The average Bonchev–Trinajstić information content (AvgIpc) is 3.24. The number of carbonyl (C=O) groups is 1. The number of rotatable bonds is 9. The Balaban J connectivity index is 1.61. The van der Waals surface area contributed by atoms with Crippen LogP contribution in [0.2, 0.25) is 0 Å². The second-order valence-electron chi connectivity index (χ2n) is 9.50. The van der Waals surface area contributed by atoms with Gasteiger partial charge in [0.05, 0.1) is 6.04 Å². The molecule has 176 valence electrons. The molecule has 0 aliphatic rings. The molecule has 3 rings (SSSR count). The summed E-state index contributed by atoms with van der Waals surface area (Å²) in [5.41, 5.74) is 2.16. The van der Waals surface area contributed by atoms with Crippen LogP contribution in [0.4, 0.5) is 4.39 Å². The molecule has 33 heavy (non-hydrogen) atoms. The van der Waals surface area contributed by atoms with Crippen LogP contribution in [0.5, 0.6) is 5.75 Å². The van der Waals surface area contributed by atoms with E-state index in [-0.39, 0.29) is 35.5 Å². The van der Waals surface area contributed by atoms with Gasteiger partial charge in [-0.3, -0.25) is 4.79 Å². The number of benzene rings is 2. The van der Waals surface area contributed by atoms with Crippen LogP contribution >= 0.6 is 0 Å². The zero-order valence-electron chi connectivity index (χ0n) is 20.0. The van der Waals surface area contributed by atoms with Crippen LogP contribution in [0, 0.1) is 5.82 Å². The monoisotopic (exact) mass is 452 g/mol. The maximum absolute atomic E-state index is 13.3. The topological polar surface area (TPSA) is 54.7 Å². The van der Waals surface area contributed by atoms with Crippen molar-refractivity contribution >= 4 is 5.91 Å². The van der Waals surface area contributed by atoms with Crippen LogP contribution in [0.1, 0.15) is 60.7 Å².